The van der Waals surface area contributed by atoms with Crippen LogP contribution in [0.1, 0.15) is 59.4 Å². The zero-order chi connectivity index (χ0) is 20.6. The second-order valence-corrected chi connectivity index (χ2v) is 10.9. The molecule has 1 aromatic heterocycles. The van der Waals surface area contributed by atoms with E-state index in [1.165, 1.54) is 37.7 Å². The van der Waals surface area contributed by atoms with Crippen molar-refractivity contribution < 1.29 is 4.79 Å². The molecule has 0 radical (unpaired) electrons. The van der Waals surface area contributed by atoms with E-state index in [0.717, 1.165) is 61.6 Å². The van der Waals surface area contributed by atoms with Crippen molar-refractivity contribution in [3.05, 3.63) is 59.2 Å². The van der Waals surface area contributed by atoms with Crippen LogP contribution in [0.4, 0.5) is 0 Å². The number of hydrogen-bond acceptors (Lipinski definition) is 4. The summed E-state index contributed by atoms with van der Waals surface area (Å²) in [5, 5.41) is 3.34. The van der Waals surface area contributed by atoms with Gasteiger partial charge in [0.15, 0.2) is 0 Å². The third-order valence-corrected chi connectivity index (χ3v) is 9.71. The quantitative estimate of drug-likeness (QED) is 0.812. The van der Waals surface area contributed by atoms with E-state index in [0.29, 0.717) is 16.5 Å². The highest BCUT2D eigenvalue weighted by Gasteiger charge is 2.80. The Morgan fingerprint density at radius 1 is 1.10 bits per heavy atom. The molecule has 5 unspecified atom stereocenters. The van der Waals surface area contributed by atoms with Crippen molar-refractivity contribution >= 4 is 5.91 Å². The van der Waals surface area contributed by atoms with Crippen LogP contribution in [0.15, 0.2) is 36.7 Å². The molecule has 2 bridgehead atoms. The molecule has 2 aromatic rings. The number of carbonyl (C=O) groups is 1. The first-order chi connectivity index (χ1) is 15.2. The zero-order valence-electron chi connectivity index (χ0n) is 18.0. The predicted octanol–water partition coefficient (Wildman–Crippen LogP) is 3.59. The Labute approximate surface area is 183 Å². The summed E-state index contributed by atoms with van der Waals surface area (Å²) >= 11 is 0. The van der Waals surface area contributed by atoms with E-state index in [-0.39, 0.29) is 5.91 Å². The topological polar surface area (TPSA) is 58.1 Å². The average Bonchev–Trinajstić information content (AvgIpc) is 3.27. The molecule has 1 amide bonds. The minimum atomic E-state index is 0.0167. The van der Waals surface area contributed by atoms with Gasteiger partial charge < -0.3 is 5.32 Å². The lowest BCUT2D eigenvalue weighted by atomic mass is 9.32. The predicted molar refractivity (Wildman–Crippen MR) is 117 cm³/mol. The van der Waals surface area contributed by atoms with Crippen LogP contribution in [0.3, 0.4) is 0 Å². The minimum Gasteiger partial charge on any atom is -0.350 e. The summed E-state index contributed by atoms with van der Waals surface area (Å²) in [6.45, 7) is 3.49. The van der Waals surface area contributed by atoms with E-state index in [1.807, 2.05) is 0 Å². The molecular formula is C26H30N4O. The van der Waals surface area contributed by atoms with Crippen LogP contribution in [0.5, 0.6) is 0 Å². The van der Waals surface area contributed by atoms with E-state index in [1.54, 1.807) is 6.33 Å². The minimum absolute atomic E-state index is 0.0167. The molecule has 5 aliphatic rings. The van der Waals surface area contributed by atoms with Crippen molar-refractivity contribution in [2.75, 3.05) is 13.1 Å². The molecule has 4 saturated carbocycles. The number of benzene rings is 1. The normalized spacial score (nSPS) is 36.8. The smallest absolute Gasteiger partial charge is 0.270 e. The Balaban J connectivity index is 1.05. The summed E-state index contributed by atoms with van der Waals surface area (Å²) in [5.41, 5.74) is 5.01. The maximum Gasteiger partial charge on any atom is 0.270 e. The lowest BCUT2D eigenvalue weighted by Crippen LogP contribution is -2.69. The molecule has 160 valence electrons. The first-order valence-corrected chi connectivity index (χ1v) is 12.0. The van der Waals surface area contributed by atoms with E-state index in [9.17, 15) is 4.79 Å². The molecule has 0 saturated heterocycles. The van der Waals surface area contributed by atoms with Gasteiger partial charge in [0, 0.05) is 31.7 Å². The number of aromatic nitrogens is 2. The third-order valence-electron chi connectivity index (χ3n) is 9.71. The number of hydrogen-bond donors (Lipinski definition) is 1. The van der Waals surface area contributed by atoms with Crippen LogP contribution in [-0.2, 0) is 19.5 Å². The van der Waals surface area contributed by atoms with E-state index in [4.69, 9.17) is 0 Å². The number of rotatable bonds is 5. The number of nitrogens with one attached hydrogen (secondary N) is 1. The summed E-state index contributed by atoms with van der Waals surface area (Å²) in [6.07, 6.45) is 9.48. The van der Waals surface area contributed by atoms with Gasteiger partial charge in [-0.3, -0.25) is 9.69 Å². The molecule has 1 aliphatic heterocycles. The standard InChI is InChI=1S/C26H30N4O/c31-24(27-15-25-10-18-8-19-9-20(12-25)26(19,25)11-18)23-21-6-7-30(14-22(21)28-16-29-23)13-17-4-2-1-3-5-17/h1-5,16,18-20H,6-15H2,(H,27,31). The SMILES string of the molecule is O=C(NCC12CC3CC4CC(C1)C42C3)c1ncnc2c1CCN(Cc1ccccc1)C2. The van der Waals surface area contributed by atoms with Crippen LogP contribution in [0.2, 0.25) is 0 Å². The van der Waals surface area contributed by atoms with Gasteiger partial charge in [-0.2, -0.15) is 0 Å². The summed E-state index contributed by atoms with van der Waals surface area (Å²) in [4.78, 5) is 24.6. The van der Waals surface area contributed by atoms with Gasteiger partial charge in [-0.15, -0.1) is 0 Å². The average molecular weight is 415 g/mol. The fourth-order valence-electron chi connectivity index (χ4n) is 8.62. The number of fused-ring (bicyclic) bond motifs is 2. The highest BCUT2D eigenvalue weighted by Crippen LogP contribution is 2.86. The number of carbonyl (C=O) groups excluding carboxylic acids is 1. The maximum atomic E-state index is 13.2. The van der Waals surface area contributed by atoms with Gasteiger partial charge in [-0.25, -0.2) is 9.97 Å². The second-order valence-electron chi connectivity index (χ2n) is 10.9. The van der Waals surface area contributed by atoms with Crippen LogP contribution in [0.25, 0.3) is 0 Å². The molecule has 1 N–H and O–H groups in total. The zero-order valence-corrected chi connectivity index (χ0v) is 18.0. The fourth-order valence-corrected chi connectivity index (χ4v) is 8.62. The Morgan fingerprint density at radius 3 is 2.84 bits per heavy atom. The Hall–Kier alpha value is -2.27. The largest absolute Gasteiger partial charge is 0.350 e. The summed E-state index contributed by atoms with van der Waals surface area (Å²) in [5.74, 6) is 2.87. The van der Waals surface area contributed by atoms with Gasteiger partial charge in [-0.1, -0.05) is 30.3 Å². The van der Waals surface area contributed by atoms with Crippen molar-refractivity contribution in [3.63, 3.8) is 0 Å². The number of nitrogens with zero attached hydrogens (tertiary/aromatic N) is 3. The molecule has 1 spiro atoms. The molecule has 4 aliphatic carbocycles. The molecule has 4 fully saturated rings. The Kier molecular flexibility index (Phi) is 3.77. The van der Waals surface area contributed by atoms with Gasteiger partial charge in [0.25, 0.3) is 5.91 Å². The van der Waals surface area contributed by atoms with Crippen molar-refractivity contribution in [3.8, 4) is 0 Å². The highest BCUT2D eigenvalue weighted by atomic mass is 16.1. The highest BCUT2D eigenvalue weighted by molar-refractivity contribution is 5.94. The molecular weight excluding hydrogens is 384 g/mol. The van der Waals surface area contributed by atoms with E-state index < -0.39 is 0 Å². The van der Waals surface area contributed by atoms with Gasteiger partial charge in [-0.05, 0) is 72.7 Å². The maximum absolute atomic E-state index is 13.2. The first-order valence-electron chi connectivity index (χ1n) is 12.0. The van der Waals surface area contributed by atoms with Crippen molar-refractivity contribution in [2.24, 2.45) is 28.6 Å². The van der Waals surface area contributed by atoms with E-state index in [2.05, 4.69) is 50.5 Å². The Morgan fingerprint density at radius 2 is 2.00 bits per heavy atom. The fraction of sp³-hybridized carbons (Fsp3) is 0.577. The van der Waals surface area contributed by atoms with Gasteiger partial charge in [0.1, 0.15) is 12.0 Å². The van der Waals surface area contributed by atoms with Crippen molar-refractivity contribution in [1.82, 2.24) is 20.2 Å². The van der Waals surface area contributed by atoms with E-state index >= 15 is 0 Å². The lowest BCUT2D eigenvalue weighted by molar-refractivity contribution is -0.240. The Bertz CT molecular complexity index is 1050. The summed E-state index contributed by atoms with van der Waals surface area (Å²) < 4.78 is 0. The molecule has 31 heavy (non-hydrogen) atoms. The number of amides is 1. The van der Waals surface area contributed by atoms with Crippen LogP contribution >= 0.6 is 0 Å². The van der Waals surface area contributed by atoms with Crippen molar-refractivity contribution in [2.45, 2.75) is 51.6 Å². The van der Waals surface area contributed by atoms with Crippen LogP contribution in [-0.4, -0.2) is 33.9 Å². The molecule has 5 atom stereocenters. The van der Waals surface area contributed by atoms with Gasteiger partial charge in [0.2, 0.25) is 0 Å². The molecule has 1 aromatic carbocycles. The molecule has 2 heterocycles. The first kappa shape index (κ1) is 18.3. The third kappa shape index (κ3) is 2.44. The summed E-state index contributed by atoms with van der Waals surface area (Å²) in [7, 11) is 0. The van der Waals surface area contributed by atoms with Crippen LogP contribution < -0.4 is 5.32 Å². The second kappa shape index (κ2) is 6.38. The lowest BCUT2D eigenvalue weighted by Gasteiger charge is -2.73. The van der Waals surface area contributed by atoms with Gasteiger partial charge >= 0.3 is 0 Å². The monoisotopic (exact) mass is 414 g/mol. The molecule has 7 rings (SSSR count). The van der Waals surface area contributed by atoms with Crippen molar-refractivity contribution in [1.29, 1.82) is 0 Å². The van der Waals surface area contributed by atoms with Gasteiger partial charge in [0.05, 0.1) is 5.69 Å². The van der Waals surface area contributed by atoms with Crippen LogP contribution in [0, 0.1) is 28.6 Å². The summed E-state index contributed by atoms with van der Waals surface area (Å²) in [6, 6.07) is 10.6. The molecule has 5 heteroatoms. The molecule has 5 nitrogen and oxygen atoms in total.